The predicted molar refractivity (Wildman–Crippen MR) is 60.3 cm³/mol. The zero-order valence-electron chi connectivity index (χ0n) is 8.77. The van der Waals surface area contributed by atoms with Crippen LogP contribution in [0.2, 0.25) is 5.02 Å². The first-order chi connectivity index (χ1) is 8.54. The second-order valence-corrected chi connectivity index (χ2v) is 3.86. The van der Waals surface area contributed by atoms with Crippen LogP contribution in [-0.2, 0) is 0 Å². The number of nitrogens with zero attached hydrogens (tertiary/aromatic N) is 1. The van der Waals surface area contributed by atoms with E-state index in [0.29, 0.717) is 0 Å². The number of nitriles is 1. The van der Waals surface area contributed by atoms with Gasteiger partial charge in [0.15, 0.2) is 0 Å². The van der Waals surface area contributed by atoms with Crippen molar-refractivity contribution in [1.29, 1.82) is 5.26 Å². The fourth-order valence-electron chi connectivity index (χ4n) is 1.56. The van der Waals surface area contributed by atoms with Crippen LogP contribution in [-0.4, -0.2) is 0 Å². The van der Waals surface area contributed by atoms with E-state index in [4.69, 9.17) is 16.9 Å². The number of halogens is 4. The summed E-state index contributed by atoms with van der Waals surface area (Å²) in [5, 5.41) is 8.41. The normalized spacial score (nSPS) is 10.2. The Morgan fingerprint density at radius 3 is 2.11 bits per heavy atom. The molecule has 0 aliphatic rings. The van der Waals surface area contributed by atoms with Gasteiger partial charge in [-0.05, 0) is 30.3 Å². The van der Waals surface area contributed by atoms with Crippen molar-refractivity contribution in [3.05, 3.63) is 58.4 Å². The molecule has 0 aliphatic heterocycles. The van der Waals surface area contributed by atoms with Gasteiger partial charge >= 0.3 is 0 Å². The van der Waals surface area contributed by atoms with E-state index in [1.807, 2.05) is 0 Å². The zero-order valence-corrected chi connectivity index (χ0v) is 9.52. The quantitative estimate of drug-likeness (QED) is 0.762. The molecule has 0 unspecified atom stereocenters. The minimum absolute atomic E-state index is 0.155. The van der Waals surface area contributed by atoms with Gasteiger partial charge in [0.1, 0.15) is 17.5 Å². The van der Waals surface area contributed by atoms with Crippen molar-refractivity contribution < 1.29 is 13.2 Å². The fraction of sp³-hybridized carbons (Fsp3) is 0. The second kappa shape index (κ2) is 4.71. The van der Waals surface area contributed by atoms with Gasteiger partial charge in [0.25, 0.3) is 0 Å². The molecule has 0 saturated carbocycles. The molecule has 0 atom stereocenters. The summed E-state index contributed by atoms with van der Waals surface area (Å²) in [7, 11) is 0. The van der Waals surface area contributed by atoms with Gasteiger partial charge in [-0.2, -0.15) is 5.26 Å². The molecular weight excluding hydrogens is 263 g/mol. The van der Waals surface area contributed by atoms with Crippen LogP contribution < -0.4 is 0 Å². The maximum absolute atomic E-state index is 13.7. The Labute approximate surface area is 106 Å². The second-order valence-electron chi connectivity index (χ2n) is 3.45. The van der Waals surface area contributed by atoms with E-state index in [1.54, 1.807) is 6.07 Å². The van der Waals surface area contributed by atoms with Crippen LogP contribution >= 0.6 is 11.6 Å². The molecule has 2 aromatic carbocycles. The lowest BCUT2D eigenvalue weighted by Gasteiger charge is -2.08. The third-order valence-corrected chi connectivity index (χ3v) is 2.62. The lowest BCUT2D eigenvalue weighted by Crippen LogP contribution is -1.95. The van der Waals surface area contributed by atoms with Crippen molar-refractivity contribution >= 4 is 11.6 Å². The third-order valence-electron chi connectivity index (χ3n) is 2.32. The van der Waals surface area contributed by atoms with Crippen LogP contribution in [0.1, 0.15) is 5.56 Å². The van der Waals surface area contributed by atoms with Crippen LogP contribution in [0, 0.1) is 34.8 Å². The Kier molecular flexibility index (Phi) is 3.26. The zero-order chi connectivity index (χ0) is 13.3. The lowest BCUT2D eigenvalue weighted by molar-refractivity contribution is 0.581. The Balaban J connectivity index is 2.77. The molecular formula is C13H4ClF3N. The topological polar surface area (TPSA) is 23.8 Å². The molecule has 0 N–H and O–H groups in total. The van der Waals surface area contributed by atoms with E-state index in [-0.39, 0.29) is 16.1 Å². The number of hydrogen-bond acceptors (Lipinski definition) is 1. The van der Waals surface area contributed by atoms with Crippen LogP contribution in [0.5, 0.6) is 0 Å². The molecule has 0 fully saturated rings. The van der Waals surface area contributed by atoms with Crippen molar-refractivity contribution in [3.8, 4) is 17.2 Å². The monoisotopic (exact) mass is 266 g/mol. The molecule has 0 saturated heterocycles. The molecule has 0 aliphatic carbocycles. The minimum Gasteiger partial charge on any atom is -0.206 e. The van der Waals surface area contributed by atoms with Gasteiger partial charge in [-0.25, -0.2) is 13.2 Å². The summed E-state index contributed by atoms with van der Waals surface area (Å²) in [6, 6.07) is 7.78. The molecule has 18 heavy (non-hydrogen) atoms. The number of benzene rings is 2. The molecule has 0 spiro atoms. The largest absolute Gasteiger partial charge is 0.206 e. The summed E-state index contributed by atoms with van der Waals surface area (Å²) in [5.41, 5.74) is -1.16. The first-order valence-corrected chi connectivity index (χ1v) is 5.17. The summed E-state index contributed by atoms with van der Waals surface area (Å²) >= 11 is 5.71. The molecule has 2 rings (SSSR count). The summed E-state index contributed by atoms with van der Waals surface area (Å²) in [5.74, 6) is -2.97. The average molecular weight is 267 g/mol. The van der Waals surface area contributed by atoms with E-state index in [9.17, 15) is 13.2 Å². The molecule has 89 valence electrons. The SMILES string of the molecule is N#Cc1cc(F)c(-c2c(F)c[c]cc2Cl)c(F)c1. The van der Waals surface area contributed by atoms with Crippen LogP contribution in [0.15, 0.2) is 24.3 Å². The van der Waals surface area contributed by atoms with Crippen LogP contribution in [0.4, 0.5) is 13.2 Å². The Morgan fingerprint density at radius 2 is 1.61 bits per heavy atom. The van der Waals surface area contributed by atoms with E-state index >= 15 is 0 Å². The summed E-state index contributed by atoms with van der Waals surface area (Å²) in [4.78, 5) is 0. The average Bonchev–Trinajstić information content (AvgIpc) is 2.31. The summed E-state index contributed by atoms with van der Waals surface area (Å²) < 4.78 is 41.0. The van der Waals surface area contributed by atoms with Gasteiger partial charge < -0.3 is 0 Å². The first-order valence-electron chi connectivity index (χ1n) is 4.79. The number of hydrogen-bond donors (Lipinski definition) is 0. The maximum Gasteiger partial charge on any atom is 0.135 e. The first kappa shape index (κ1) is 12.5. The molecule has 0 aromatic heterocycles. The summed E-state index contributed by atoms with van der Waals surface area (Å²) in [6.07, 6.45) is 0. The van der Waals surface area contributed by atoms with Crippen molar-refractivity contribution in [2.24, 2.45) is 0 Å². The molecule has 1 radical (unpaired) electrons. The Hall–Kier alpha value is -1.99. The Bertz CT molecular complexity index is 619. The molecule has 0 amide bonds. The van der Waals surface area contributed by atoms with E-state index in [1.165, 1.54) is 6.07 Å². The van der Waals surface area contributed by atoms with Crippen molar-refractivity contribution in [2.75, 3.05) is 0 Å². The lowest BCUT2D eigenvalue weighted by atomic mass is 10.0. The number of rotatable bonds is 1. The molecule has 0 bridgehead atoms. The highest BCUT2D eigenvalue weighted by molar-refractivity contribution is 6.33. The van der Waals surface area contributed by atoms with E-state index in [2.05, 4.69) is 6.07 Å². The van der Waals surface area contributed by atoms with E-state index < -0.39 is 23.0 Å². The molecule has 1 nitrogen and oxygen atoms in total. The van der Waals surface area contributed by atoms with E-state index in [0.717, 1.165) is 18.2 Å². The molecule has 5 heteroatoms. The maximum atomic E-state index is 13.7. The van der Waals surface area contributed by atoms with Gasteiger partial charge in [-0.1, -0.05) is 11.6 Å². The van der Waals surface area contributed by atoms with Gasteiger partial charge in [-0.15, -0.1) is 0 Å². The highest BCUT2D eigenvalue weighted by Crippen LogP contribution is 2.34. The van der Waals surface area contributed by atoms with Crippen molar-refractivity contribution in [3.63, 3.8) is 0 Å². The fourth-order valence-corrected chi connectivity index (χ4v) is 1.81. The van der Waals surface area contributed by atoms with Gasteiger partial charge in [0.2, 0.25) is 0 Å². The van der Waals surface area contributed by atoms with Gasteiger partial charge in [0.05, 0.1) is 22.2 Å². The smallest absolute Gasteiger partial charge is 0.135 e. The highest BCUT2D eigenvalue weighted by atomic mass is 35.5. The van der Waals surface area contributed by atoms with Crippen LogP contribution in [0.25, 0.3) is 11.1 Å². The van der Waals surface area contributed by atoms with Crippen LogP contribution in [0.3, 0.4) is 0 Å². The Morgan fingerprint density at radius 1 is 1.00 bits per heavy atom. The van der Waals surface area contributed by atoms with Gasteiger partial charge in [0, 0.05) is 5.56 Å². The van der Waals surface area contributed by atoms with Gasteiger partial charge in [-0.3, -0.25) is 0 Å². The standard InChI is InChI=1S/C13H4ClF3N/c14-8-2-1-3-9(15)12(8)13-10(16)4-7(6-18)5-11(13)17/h2-5H. The van der Waals surface area contributed by atoms with Crippen molar-refractivity contribution in [1.82, 2.24) is 0 Å². The third kappa shape index (κ3) is 2.05. The highest BCUT2D eigenvalue weighted by Gasteiger charge is 2.19. The van der Waals surface area contributed by atoms with Crippen molar-refractivity contribution in [2.45, 2.75) is 0 Å². The minimum atomic E-state index is -1.04. The predicted octanol–water partition coefficient (Wildman–Crippen LogP) is 4.10. The molecule has 0 heterocycles. The summed E-state index contributed by atoms with van der Waals surface area (Å²) in [6.45, 7) is 0. The molecule has 2 aromatic rings.